The topological polar surface area (TPSA) is 24.9 Å². The molecule has 3 aromatic carbocycles. The Kier molecular flexibility index (Phi) is 5.34. The fourth-order valence-electron chi connectivity index (χ4n) is 5.97. The van der Waals surface area contributed by atoms with Crippen LogP contribution in [0.5, 0.6) is 11.5 Å². The average Bonchev–Trinajstić information content (AvgIpc) is 3.51. The number of piperazine rings is 1. The van der Waals surface area contributed by atoms with E-state index in [4.69, 9.17) is 9.47 Å². The maximum Gasteiger partial charge on any atom is 0.231 e. The van der Waals surface area contributed by atoms with E-state index in [1.807, 2.05) is 6.07 Å². The van der Waals surface area contributed by atoms with Gasteiger partial charge in [0.1, 0.15) is 0 Å². The van der Waals surface area contributed by atoms with Crippen LogP contribution in [0, 0.1) is 0 Å². The van der Waals surface area contributed by atoms with Gasteiger partial charge in [-0.3, -0.25) is 9.80 Å². The fourth-order valence-corrected chi connectivity index (χ4v) is 5.97. The predicted octanol–water partition coefficient (Wildman–Crippen LogP) is 4.90. The second kappa shape index (κ2) is 8.61. The molecule has 2 fully saturated rings. The van der Waals surface area contributed by atoms with Gasteiger partial charge in [0.15, 0.2) is 11.5 Å². The molecule has 6 rings (SSSR count). The first-order valence-corrected chi connectivity index (χ1v) is 11.8. The summed E-state index contributed by atoms with van der Waals surface area (Å²) in [6, 6.07) is 29.5. The van der Waals surface area contributed by atoms with E-state index in [9.17, 15) is 0 Å². The Bertz CT molecular complexity index is 1020. The summed E-state index contributed by atoms with van der Waals surface area (Å²) in [4.78, 5) is 5.45. The van der Waals surface area contributed by atoms with Crippen molar-refractivity contribution in [2.45, 2.75) is 37.4 Å². The van der Waals surface area contributed by atoms with Gasteiger partial charge >= 0.3 is 0 Å². The van der Waals surface area contributed by atoms with Gasteiger partial charge < -0.3 is 9.47 Å². The highest BCUT2D eigenvalue weighted by Gasteiger charge is 2.42. The van der Waals surface area contributed by atoms with Gasteiger partial charge in [0.05, 0.1) is 0 Å². The van der Waals surface area contributed by atoms with E-state index in [1.54, 1.807) is 0 Å². The maximum absolute atomic E-state index is 5.81. The number of nitrogens with zero attached hydrogens (tertiary/aromatic N) is 2. The van der Waals surface area contributed by atoms with Crippen molar-refractivity contribution in [3.05, 3.63) is 95.6 Å². The number of para-hydroxylation sites is 1. The molecule has 3 aromatic rings. The average molecular weight is 427 g/mol. The molecule has 4 nitrogen and oxygen atoms in total. The highest BCUT2D eigenvalue weighted by Crippen LogP contribution is 2.40. The van der Waals surface area contributed by atoms with Crippen LogP contribution in [0.15, 0.2) is 78.9 Å². The zero-order valence-electron chi connectivity index (χ0n) is 18.4. The fraction of sp³-hybridized carbons (Fsp3) is 0.357. The number of ether oxygens (including phenoxy) is 2. The van der Waals surface area contributed by atoms with E-state index in [1.165, 1.54) is 36.1 Å². The minimum absolute atomic E-state index is 0.329. The van der Waals surface area contributed by atoms with Gasteiger partial charge in [0.2, 0.25) is 6.79 Å². The molecule has 0 radical (unpaired) electrons. The Labute approximate surface area is 190 Å². The van der Waals surface area contributed by atoms with Crippen LogP contribution in [0.3, 0.4) is 0 Å². The molecular weight excluding hydrogens is 396 g/mol. The molecule has 2 atom stereocenters. The zero-order valence-corrected chi connectivity index (χ0v) is 18.4. The van der Waals surface area contributed by atoms with Crippen LogP contribution in [0.25, 0.3) is 0 Å². The molecule has 164 valence electrons. The van der Waals surface area contributed by atoms with Crippen molar-refractivity contribution < 1.29 is 9.47 Å². The second-order valence-corrected chi connectivity index (χ2v) is 9.25. The van der Waals surface area contributed by atoms with E-state index < -0.39 is 0 Å². The molecule has 0 unspecified atom stereocenters. The molecule has 3 aliphatic heterocycles. The van der Waals surface area contributed by atoms with Gasteiger partial charge in [0, 0.05) is 43.2 Å². The SMILES string of the molecule is c1ccc(C(c2ccccc2)[C@@H]2CN(Cc3cccc4c3OCO4)C[C@@H]3CCCN32)cc1. The van der Waals surface area contributed by atoms with Gasteiger partial charge in [-0.2, -0.15) is 0 Å². The molecule has 3 aliphatic rings. The van der Waals surface area contributed by atoms with E-state index >= 15 is 0 Å². The predicted molar refractivity (Wildman–Crippen MR) is 126 cm³/mol. The lowest BCUT2D eigenvalue weighted by molar-refractivity contribution is 0.0379. The van der Waals surface area contributed by atoms with Crippen molar-refractivity contribution in [3.8, 4) is 11.5 Å². The van der Waals surface area contributed by atoms with Gasteiger partial charge in [-0.25, -0.2) is 0 Å². The van der Waals surface area contributed by atoms with E-state index in [0.29, 0.717) is 24.8 Å². The molecule has 4 heteroatoms. The molecule has 0 bridgehead atoms. The first-order valence-electron chi connectivity index (χ1n) is 11.8. The number of hydrogen-bond acceptors (Lipinski definition) is 4. The lowest BCUT2D eigenvalue weighted by atomic mass is 9.82. The monoisotopic (exact) mass is 426 g/mol. The summed E-state index contributed by atoms with van der Waals surface area (Å²) in [6.45, 7) is 4.61. The Hall–Kier alpha value is -2.82. The first-order chi connectivity index (χ1) is 15.9. The van der Waals surface area contributed by atoms with Gasteiger partial charge in [-0.05, 0) is 36.6 Å². The summed E-state index contributed by atoms with van der Waals surface area (Å²) >= 11 is 0. The van der Waals surface area contributed by atoms with Crippen LogP contribution in [-0.4, -0.2) is 48.3 Å². The van der Waals surface area contributed by atoms with Crippen molar-refractivity contribution in [1.82, 2.24) is 9.80 Å². The van der Waals surface area contributed by atoms with E-state index in [-0.39, 0.29) is 0 Å². The Morgan fingerprint density at radius 1 is 0.812 bits per heavy atom. The molecule has 0 N–H and O–H groups in total. The lowest BCUT2D eigenvalue weighted by Crippen LogP contribution is -2.57. The summed E-state index contributed by atoms with van der Waals surface area (Å²) in [6.07, 6.45) is 2.58. The molecule has 0 aromatic heterocycles. The standard InChI is InChI=1S/C28H30N2O2/c1-3-9-21(10-4-1)27(22-11-5-2-6-12-22)25-19-29(18-24-14-8-16-30(24)25)17-23-13-7-15-26-28(23)32-20-31-26/h1-7,9-13,15,24-25,27H,8,14,16-20H2/t24-,25-/m0/s1. The smallest absolute Gasteiger partial charge is 0.231 e. The van der Waals surface area contributed by atoms with Crippen LogP contribution >= 0.6 is 0 Å². The van der Waals surface area contributed by atoms with E-state index in [0.717, 1.165) is 31.1 Å². The van der Waals surface area contributed by atoms with Crippen molar-refractivity contribution >= 4 is 0 Å². The van der Waals surface area contributed by atoms with Gasteiger partial charge in [-0.1, -0.05) is 72.8 Å². The number of hydrogen-bond donors (Lipinski definition) is 0. The van der Waals surface area contributed by atoms with Crippen LogP contribution < -0.4 is 9.47 Å². The molecule has 0 amide bonds. The van der Waals surface area contributed by atoms with Crippen LogP contribution in [0.4, 0.5) is 0 Å². The minimum Gasteiger partial charge on any atom is -0.454 e. The number of benzene rings is 3. The molecule has 0 spiro atoms. The number of fused-ring (bicyclic) bond motifs is 2. The molecule has 0 saturated carbocycles. The Morgan fingerprint density at radius 3 is 2.31 bits per heavy atom. The molecule has 32 heavy (non-hydrogen) atoms. The third-order valence-electron chi connectivity index (χ3n) is 7.34. The van der Waals surface area contributed by atoms with E-state index in [2.05, 4.69) is 82.6 Å². The van der Waals surface area contributed by atoms with Crippen LogP contribution in [0.1, 0.15) is 35.4 Å². The quantitative estimate of drug-likeness (QED) is 0.580. The normalized spacial score (nSPS) is 22.9. The second-order valence-electron chi connectivity index (χ2n) is 9.25. The third kappa shape index (κ3) is 3.68. The summed E-state index contributed by atoms with van der Waals surface area (Å²) in [5.41, 5.74) is 4.06. The van der Waals surface area contributed by atoms with Crippen LogP contribution in [0.2, 0.25) is 0 Å². The summed E-state index contributed by atoms with van der Waals surface area (Å²) in [5, 5.41) is 0. The van der Waals surface area contributed by atoms with Gasteiger partial charge in [-0.15, -0.1) is 0 Å². The van der Waals surface area contributed by atoms with Crippen molar-refractivity contribution in [2.24, 2.45) is 0 Å². The zero-order chi connectivity index (χ0) is 21.3. The maximum atomic E-state index is 5.81. The summed E-state index contributed by atoms with van der Waals surface area (Å²) in [7, 11) is 0. The first kappa shape index (κ1) is 19.8. The minimum atomic E-state index is 0.329. The highest BCUT2D eigenvalue weighted by atomic mass is 16.7. The number of rotatable bonds is 5. The van der Waals surface area contributed by atoms with Gasteiger partial charge in [0.25, 0.3) is 0 Å². The highest BCUT2D eigenvalue weighted by molar-refractivity contribution is 5.48. The molecule has 3 heterocycles. The summed E-state index contributed by atoms with van der Waals surface area (Å²) in [5.74, 6) is 2.17. The summed E-state index contributed by atoms with van der Waals surface area (Å²) < 4.78 is 11.4. The van der Waals surface area contributed by atoms with Crippen molar-refractivity contribution in [3.63, 3.8) is 0 Å². The molecular formula is C28H30N2O2. The largest absolute Gasteiger partial charge is 0.454 e. The third-order valence-corrected chi connectivity index (χ3v) is 7.34. The Morgan fingerprint density at radius 2 is 1.56 bits per heavy atom. The Balaban J connectivity index is 1.34. The van der Waals surface area contributed by atoms with Crippen LogP contribution in [-0.2, 0) is 6.54 Å². The lowest BCUT2D eigenvalue weighted by Gasteiger charge is -2.47. The van der Waals surface area contributed by atoms with Crippen molar-refractivity contribution in [1.29, 1.82) is 0 Å². The molecule has 2 saturated heterocycles. The molecule has 0 aliphatic carbocycles. The van der Waals surface area contributed by atoms with Crippen molar-refractivity contribution in [2.75, 3.05) is 26.4 Å².